The predicted molar refractivity (Wildman–Crippen MR) is 99.6 cm³/mol. The molecule has 2 atom stereocenters. The van der Waals surface area contributed by atoms with Crippen molar-refractivity contribution in [1.82, 2.24) is 19.4 Å². The normalized spacial score (nSPS) is 18.5. The number of nitrogens with zero attached hydrogens (tertiary/aromatic N) is 5. The highest BCUT2D eigenvalue weighted by atomic mass is 32.1. The summed E-state index contributed by atoms with van der Waals surface area (Å²) in [6, 6.07) is 1.64. The Morgan fingerprint density at radius 3 is 2.96 bits per heavy atom. The third-order valence-corrected chi connectivity index (χ3v) is 5.24. The zero-order valence-corrected chi connectivity index (χ0v) is 15.6. The SMILES string of the molecule is CC(C)[C@H]1COC(=O)N1c1ccnc(N[C@H](C)c2cn3ccsc3n2)n1. The highest BCUT2D eigenvalue weighted by molar-refractivity contribution is 7.15. The van der Waals surface area contributed by atoms with Gasteiger partial charge in [0.25, 0.3) is 0 Å². The molecule has 3 aromatic rings. The van der Waals surface area contributed by atoms with Crippen molar-refractivity contribution in [3.8, 4) is 0 Å². The molecular formula is C17H20N6O2S. The van der Waals surface area contributed by atoms with E-state index in [0.29, 0.717) is 18.4 Å². The van der Waals surface area contributed by atoms with Crippen molar-refractivity contribution in [3.63, 3.8) is 0 Å². The zero-order valence-electron chi connectivity index (χ0n) is 14.8. The van der Waals surface area contributed by atoms with Gasteiger partial charge < -0.3 is 10.1 Å². The molecule has 1 N–H and O–H groups in total. The van der Waals surface area contributed by atoms with Gasteiger partial charge in [-0.3, -0.25) is 9.30 Å². The second-order valence-electron chi connectivity index (χ2n) is 6.62. The van der Waals surface area contributed by atoms with E-state index in [1.165, 1.54) is 0 Å². The number of cyclic esters (lactones) is 1. The Labute approximate surface area is 154 Å². The number of fused-ring (bicyclic) bond motifs is 1. The molecule has 0 aromatic carbocycles. The molecule has 0 radical (unpaired) electrons. The highest BCUT2D eigenvalue weighted by Crippen LogP contribution is 2.26. The first-order valence-electron chi connectivity index (χ1n) is 8.50. The molecule has 3 aromatic heterocycles. The Bertz CT molecular complexity index is 908. The molecule has 26 heavy (non-hydrogen) atoms. The van der Waals surface area contributed by atoms with E-state index in [2.05, 4.69) is 34.1 Å². The molecule has 1 saturated heterocycles. The van der Waals surface area contributed by atoms with Crippen molar-refractivity contribution in [3.05, 3.63) is 35.7 Å². The van der Waals surface area contributed by atoms with Crippen LogP contribution in [-0.4, -0.2) is 38.1 Å². The third kappa shape index (κ3) is 2.98. The van der Waals surface area contributed by atoms with Crippen molar-refractivity contribution < 1.29 is 9.53 Å². The van der Waals surface area contributed by atoms with Gasteiger partial charge in [-0.25, -0.2) is 14.8 Å². The molecule has 1 fully saturated rings. The molecule has 136 valence electrons. The minimum atomic E-state index is -0.365. The van der Waals surface area contributed by atoms with Crippen molar-refractivity contribution in [2.75, 3.05) is 16.8 Å². The number of amides is 1. The second kappa shape index (κ2) is 6.56. The quantitative estimate of drug-likeness (QED) is 0.739. The number of carbonyl (C=O) groups is 1. The summed E-state index contributed by atoms with van der Waals surface area (Å²) < 4.78 is 7.19. The number of nitrogens with one attached hydrogen (secondary N) is 1. The molecule has 1 aliphatic rings. The zero-order chi connectivity index (χ0) is 18.3. The summed E-state index contributed by atoms with van der Waals surface area (Å²) >= 11 is 1.59. The highest BCUT2D eigenvalue weighted by Gasteiger charge is 2.37. The maximum absolute atomic E-state index is 12.1. The first-order valence-corrected chi connectivity index (χ1v) is 9.38. The van der Waals surface area contributed by atoms with Crippen molar-refractivity contribution in [2.45, 2.75) is 32.9 Å². The van der Waals surface area contributed by atoms with Crippen LogP contribution in [-0.2, 0) is 4.74 Å². The molecule has 0 aliphatic carbocycles. The van der Waals surface area contributed by atoms with Crippen LogP contribution in [0.3, 0.4) is 0 Å². The van der Waals surface area contributed by atoms with Gasteiger partial charge in [-0.1, -0.05) is 13.8 Å². The molecular weight excluding hydrogens is 352 g/mol. The Morgan fingerprint density at radius 2 is 2.19 bits per heavy atom. The maximum Gasteiger partial charge on any atom is 0.415 e. The Morgan fingerprint density at radius 1 is 1.35 bits per heavy atom. The summed E-state index contributed by atoms with van der Waals surface area (Å²) in [6.07, 6.45) is 5.24. The molecule has 1 aliphatic heterocycles. The molecule has 8 nitrogen and oxygen atoms in total. The average Bonchev–Trinajstić information content (AvgIpc) is 3.28. The number of aromatic nitrogens is 4. The second-order valence-corrected chi connectivity index (χ2v) is 7.49. The summed E-state index contributed by atoms with van der Waals surface area (Å²) in [5.41, 5.74) is 0.909. The lowest BCUT2D eigenvalue weighted by atomic mass is 10.0. The Hall–Kier alpha value is -2.68. The van der Waals surface area contributed by atoms with Crippen molar-refractivity contribution in [2.24, 2.45) is 5.92 Å². The summed E-state index contributed by atoms with van der Waals surface area (Å²) in [5.74, 6) is 1.26. The molecule has 9 heteroatoms. The summed E-state index contributed by atoms with van der Waals surface area (Å²) in [5, 5.41) is 5.26. The third-order valence-electron chi connectivity index (χ3n) is 4.46. The molecule has 0 unspecified atom stereocenters. The van der Waals surface area contributed by atoms with E-state index in [4.69, 9.17) is 4.74 Å². The number of hydrogen-bond donors (Lipinski definition) is 1. The fourth-order valence-electron chi connectivity index (χ4n) is 2.96. The van der Waals surface area contributed by atoms with E-state index < -0.39 is 0 Å². The lowest BCUT2D eigenvalue weighted by molar-refractivity contribution is 0.177. The van der Waals surface area contributed by atoms with Gasteiger partial charge in [0.1, 0.15) is 12.4 Å². The van der Waals surface area contributed by atoms with Crippen LogP contribution >= 0.6 is 11.3 Å². The molecule has 4 rings (SSSR count). The largest absolute Gasteiger partial charge is 0.447 e. The number of rotatable bonds is 5. The van der Waals surface area contributed by atoms with Crippen LogP contribution < -0.4 is 10.2 Å². The van der Waals surface area contributed by atoms with Gasteiger partial charge in [0.15, 0.2) is 4.96 Å². The summed E-state index contributed by atoms with van der Waals surface area (Å²) in [6.45, 7) is 6.51. The van der Waals surface area contributed by atoms with Crippen LogP contribution in [0.25, 0.3) is 4.96 Å². The van der Waals surface area contributed by atoms with Gasteiger partial charge in [-0.05, 0) is 18.9 Å². The molecule has 0 spiro atoms. The van der Waals surface area contributed by atoms with E-state index in [-0.39, 0.29) is 24.1 Å². The van der Waals surface area contributed by atoms with Gasteiger partial charge in [-0.2, -0.15) is 4.98 Å². The van der Waals surface area contributed by atoms with Gasteiger partial charge in [0.05, 0.1) is 17.8 Å². The standard InChI is InChI=1S/C17H20N6O2S/c1-10(2)13-9-25-17(24)23(13)14-4-5-18-15(21-14)19-11(3)12-8-22-6-7-26-16(22)20-12/h4-8,10-11,13H,9H2,1-3H3,(H,18,19,21)/t11-,13-/m1/s1. The van der Waals surface area contributed by atoms with Crippen molar-refractivity contribution in [1.29, 1.82) is 0 Å². The number of imidazole rings is 1. The molecule has 1 amide bonds. The summed E-state index contributed by atoms with van der Waals surface area (Å²) in [7, 11) is 0. The van der Waals surface area contributed by atoms with Crippen LogP contribution in [0, 0.1) is 5.92 Å². The van der Waals surface area contributed by atoms with Crippen molar-refractivity contribution >= 4 is 34.2 Å². The minimum Gasteiger partial charge on any atom is -0.447 e. The smallest absolute Gasteiger partial charge is 0.415 e. The van der Waals surface area contributed by atoms with Crippen LogP contribution in [0.5, 0.6) is 0 Å². The lowest BCUT2D eigenvalue weighted by Crippen LogP contribution is -2.37. The maximum atomic E-state index is 12.1. The van der Waals surface area contributed by atoms with Crippen LogP contribution in [0.1, 0.15) is 32.5 Å². The summed E-state index contributed by atoms with van der Waals surface area (Å²) in [4.78, 5) is 28.1. The van der Waals surface area contributed by atoms with E-state index in [9.17, 15) is 4.79 Å². The number of thiazole rings is 1. The first kappa shape index (κ1) is 16.8. The minimum absolute atomic E-state index is 0.0254. The average molecular weight is 372 g/mol. The van der Waals surface area contributed by atoms with Gasteiger partial charge in [0.2, 0.25) is 5.95 Å². The Kier molecular flexibility index (Phi) is 4.23. The lowest BCUT2D eigenvalue weighted by Gasteiger charge is -2.23. The van der Waals surface area contributed by atoms with E-state index in [1.807, 2.05) is 29.1 Å². The van der Waals surface area contributed by atoms with Gasteiger partial charge >= 0.3 is 6.09 Å². The van der Waals surface area contributed by atoms with E-state index >= 15 is 0 Å². The number of carbonyl (C=O) groups excluding carboxylic acids is 1. The van der Waals surface area contributed by atoms with E-state index in [1.54, 1.807) is 28.5 Å². The predicted octanol–water partition coefficient (Wildman–Crippen LogP) is 3.34. The molecule has 4 heterocycles. The van der Waals surface area contributed by atoms with Gasteiger partial charge in [0, 0.05) is 24.0 Å². The first-order chi connectivity index (χ1) is 12.5. The number of hydrogen-bond acceptors (Lipinski definition) is 7. The van der Waals surface area contributed by atoms with Crippen LogP contribution in [0.15, 0.2) is 30.0 Å². The Balaban J connectivity index is 1.55. The van der Waals surface area contributed by atoms with Crippen LogP contribution in [0.2, 0.25) is 0 Å². The molecule has 0 saturated carbocycles. The number of ether oxygens (including phenoxy) is 1. The monoisotopic (exact) mass is 372 g/mol. The number of anilines is 2. The van der Waals surface area contributed by atoms with Crippen LogP contribution in [0.4, 0.5) is 16.6 Å². The topological polar surface area (TPSA) is 84.7 Å². The van der Waals surface area contributed by atoms with E-state index in [0.717, 1.165) is 10.7 Å². The fourth-order valence-corrected chi connectivity index (χ4v) is 3.67. The molecule has 0 bridgehead atoms. The fraction of sp³-hybridized carbons (Fsp3) is 0.412. The van der Waals surface area contributed by atoms with Gasteiger partial charge in [-0.15, -0.1) is 11.3 Å².